The van der Waals surface area contributed by atoms with E-state index in [1.54, 1.807) is 17.8 Å². The minimum atomic E-state index is -4.34. The maximum absolute atomic E-state index is 13.4. The first-order valence-corrected chi connectivity index (χ1v) is 14.2. The average molecular weight is 519 g/mol. The topological polar surface area (TPSA) is 13.0 Å². The quantitative estimate of drug-likeness (QED) is 0.412. The molecule has 0 aliphatic carbocycles. The average Bonchev–Trinajstić information content (AvgIpc) is 2.89. The molecule has 0 N–H and O–H groups in total. The maximum atomic E-state index is 13.4. The first-order valence-electron chi connectivity index (χ1n) is 13.4. The van der Waals surface area contributed by atoms with Gasteiger partial charge in [0.15, 0.2) is 0 Å². The predicted molar refractivity (Wildman–Crippen MR) is 141 cm³/mol. The lowest BCUT2D eigenvalue weighted by Crippen LogP contribution is -2.47. The summed E-state index contributed by atoms with van der Waals surface area (Å²) in [6, 6.07) is 12.2. The molecule has 3 heterocycles. The fraction of sp³-hybridized carbons (Fsp3) is 0.571. The number of benzene rings is 2. The van der Waals surface area contributed by atoms with E-state index in [1.807, 2.05) is 18.2 Å². The molecule has 2 fully saturated rings. The van der Waals surface area contributed by atoms with Crippen LogP contribution in [0.3, 0.4) is 0 Å². The molecule has 8 heteroatoms. The number of piperazine rings is 1. The molecule has 0 radical (unpaired) electrons. The van der Waals surface area contributed by atoms with E-state index in [9.17, 15) is 13.2 Å². The molecule has 4 nitrogen and oxygen atoms in total. The van der Waals surface area contributed by atoms with Crippen LogP contribution in [0.4, 0.5) is 24.5 Å². The van der Waals surface area contributed by atoms with Crippen LogP contribution < -0.4 is 4.90 Å². The number of alkyl halides is 3. The molecule has 0 saturated carbocycles. The highest BCUT2D eigenvalue weighted by atomic mass is 32.2. The Balaban J connectivity index is 1.12. The molecular formula is C28H37F3N4S. The molecule has 2 aromatic carbocycles. The van der Waals surface area contributed by atoms with Gasteiger partial charge in [-0.15, -0.1) is 0 Å². The SMILES string of the molecule is FC(F)(F)c1ccc2c(c1)N(CCCN1CCN(CCCN3CCCCC3)CC1)c1ccccc1S2. The summed E-state index contributed by atoms with van der Waals surface area (Å²) in [5.41, 5.74) is 1.10. The van der Waals surface area contributed by atoms with Gasteiger partial charge in [-0.2, -0.15) is 13.2 Å². The zero-order valence-corrected chi connectivity index (χ0v) is 21.8. The van der Waals surface area contributed by atoms with Crippen LogP contribution >= 0.6 is 11.8 Å². The third kappa shape index (κ3) is 6.39. The van der Waals surface area contributed by atoms with Crippen molar-refractivity contribution in [1.82, 2.24) is 14.7 Å². The number of rotatable bonds is 8. The minimum Gasteiger partial charge on any atom is -0.340 e. The number of halogens is 3. The first-order chi connectivity index (χ1) is 17.5. The molecule has 0 spiro atoms. The van der Waals surface area contributed by atoms with Crippen molar-refractivity contribution in [3.05, 3.63) is 48.0 Å². The Morgan fingerprint density at radius 1 is 0.639 bits per heavy atom. The van der Waals surface area contributed by atoms with E-state index in [1.165, 1.54) is 64.0 Å². The Labute approximate surface area is 217 Å². The summed E-state index contributed by atoms with van der Waals surface area (Å²) in [7, 11) is 0. The lowest BCUT2D eigenvalue weighted by molar-refractivity contribution is -0.137. The normalized spacial score (nSPS) is 19.8. The second-order valence-corrected chi connectivity index (χ2v) is 11.3. The Hall–Kier alpha value is -1.74. The number of hydrogen-bond donors (Lipinski definition) is 0. The zero-order chi connectivity index (χ0) is 25.0. The second kappa shape index (κ2) is 11.8. The largest absolute Gasteiger partial charge is 0.416 e. The number of piperidine rings is 1. The fourth-order valence-electron chi connectivity index (χ4n) is 5.64. The lowest BCUT2D eigenvalue weighted by Gasteiger charge is -2.37. The third-order valence-corrected chi connectivity index (χ3v) is 8.80. The van der Waals surface area contributed by atoms with Gasteiger partial charge in [-0.3, -0.25) is 0 Å². The smallest absolute Gasteiger partial charge is 0.340 e. The van der Waals surface area contributed by atoms with Crippen LogP contribution in [0.25, 0.3) is 0 Å². The van der Waals surface area contributed by atoms with Crippen molar-refractivity contribution < 1.29 is 13.2 Å². The van der Waals surface area contributed by atoms with Gasteiger partial charge in [-0.05, 0) is 88.7 Å². The van der Waals surface area contributed by atoms with Gasteiger partial charge in [0.05, 0.1) is 16.9 Å². The molecule has 3 aliphatic rings. The van der Waals surface area contributed by atoms with E-state index in [0.717, 1.165) is 54.6 Å². The number of likely N-dealkylation sites (tertiary alicyclic amines) is 1. The van der Waals surface area contributed by atoms with Crippen LogP contribution in [-0.4, -0.2) is 80.1 Å². The Bertz CT molecular complexity index is 1000. The highest BCUT2D eigenvalue weighted by Gasteiger charge is 2.33. The molecule has 2 aromatic rings. The highest BCUT2D eigenvalue weighted by Crippen LogP contribution is 2.49. The number of anilines is 2. The number of nitrogens with zero attached hydrogens (tertiary/aromatic N) is 4. The van der Waals surface area contributed by atoms with E-state index in [-0.39, 0.29) is 0 Å². The van der Waals surface area contributed by atoms with Gasteiger partial charge in [0.2, 0.25) is 0 Å². The monoisotopic (exact) mass is 518 g/mol. The summed E-state index contributed by atoms with van der Waals surface area (Å²) in [4.78, 5) is 11.8. The van der Waals surface area contributed by atoms with Crippen molar-refractivity contribution >= 4 is 23.1 Å². The number of fused-ring (bicyclic) bond motifs is 2. The van der Waals surface area contributed by atoms with E-state index in [0.29, 0.717) is 12.2 Å². The van der Waals surface area contributed by atoms with Crippen LogP contribution in [0.15, 0.2) is 52.3 Å². The van der Waals surface area contributed by atoms with Crippen molar-refractivity contribution in [2.75, 3.05) is 70.3 Å². The molecule has 0 aromatic heterocycles. The van der Waals surface area contributed by atoms with Gasteiger partial charge >= 0.3 is 6.18 Å². The summed E-state index contributed by atoms with van der Waals surface area (Å²) in [5, 5.41) is 0. The van der Waals surface area contributed by atoms with Gasteiger partial charge in [0.25, 0.3) is 0 Å². The van der Waals surface area contributed by atoms with Crippen LogP contribution in [0.2, 0.25) is 0 Å². The lowest BCUT2D eigenvalue weighted by atomic mass is 10.1. The standard InChI is InChI=1S/C28H37F3N4S/c29-28(30,31)23-10-11-27-25(22-23)35(24-8-2-3-9-26(24)36-27)17-7-16-34-20-18-33(19-21-34)15-6-14-32-12-4-1-5-13-32/h2-3,8-11,22H,1,4-7,12-21H2. The van der Waals surface area contributed by atoms with Gasteiger partial charge in [-0.1, -0.05) is 30.3 Å². The maximum Gasteiger partial charge on any atom is 0.416 e. The molecule has 0 unspecified atom stereocenters. The fourth-order valence-corrected chi connectivity index (χ4v) is 6.71. The van der Waals surface area contributed by atoms with Crippen molar-refractivity contribution in [2.24, 2.45) is 0 Å². The van der Waals surface area contributed by atoms with Crippen molar-refractivity contribution in [3.8, 4) is 0 Å². The van der Waals surface area contributed by atoms with Gasteiger partial charge in [0, 0.05) is 42.5 Å². The number of para-hydroxylation sites is 1. The summed E-state index contributed by atoms with van der Waals surface area (Å²) < 4.78 is 40.3. The molecule has 3 aliphatic heterocycles. The van der Waals surface area contributed by atoms with Crippen LogP contribution in [0.5, 0.6) is 0 Å². The highest BCUT2D eigenvalue weighted by molar-refractivity contribution is 7.99. The number of hydrogen-bond acceptors (Lipinski definition) is 5. The van der Waals surface area contributed by atoms with Crippen LogP contribution in [-0.2, 0) is 6.18 Å². The van der Waals surface area contributed by atoms with Gasteiger partial charge in [0.1, 0.15) is 0 Å². The molecular weight excluding hydrogens is 481 g/mol. The molecule has 0 amide bonds. The summed E-state index contributed by atoms with van der Waals surface area (Å²) in [6.07, 6.45) is 1.94. The van der Waals surface area contributed by atoms with E-state index in [2.05, 4.69) is 25.7 Å². The van der Waals surface area contributed by atoms with Gasteiger partial charge < -0.3 is 19.6 Å². The summed E-state index contributed by atoms with van der Waals surface area (Å²) in [6.45, 7) is 11.0. The van der Waals surface area contributed by atoms with Crippen LogP contribution in [0.1, 0.15) is 37.7 Å². The summed E-state index contributed by atoms with van der Waals surface area (Å²) >= 11 is 1.55. The second-order valence-electron chi connectivity index (χ2n) is 10.2. The van der Waals surface area contributed by atoms with E-state index < -0.39 is 11.7 Å². The molecule has 36 heavy (non-hydrogen) atoms. The minimum absolute atomic E-state index is 0.581. The Morgan fingerprint density at radius 3 is 1.89 bits per heavy atom. The molecule has 0 atom stereocenters. The molecule has 196 valence electrons. The van der Waals surface area contributed by atoms with Crippen molar-refractivity contribution in [1.29, 1.82) is 0 Å². The van der Waals surface area contributed by atoms with Gasteiger partial charge in [-0.25, -0.2) is 0 Å². The first kappa shape index (κ1) is 25.9. The van der Waals surface area contributed by atoms with Crippen LogP contribution in [0, 0.1) is 0 Å². The van der Waals surface area contributed by atoms with Crippen molar-refractivity contribution in [3.63, 3.8) is 0 Å². The van der Waals surface area contributed by atoms with E-state index in [4.69, 9.17) is 0 Å². The Morgan fingerprint density at radius 2 is 1.22 bits per heavy atom. The third-order valence-electron chi connectivity index (χ3n) is 7.67. The zero-order valence-electron chi connectivity index (χ0n) is 21.0. The Kier molecular flexibility index (Phi) is 8.46. The van der Waals surface area contributed by atoms with Crippen molar-refractivity contribution in [2.45, 2.75) is 48.1 Å². The summed E-state index contributed by atoms with van der Waals surface area (Å²) in [5.74, 6) is 0. The van der Waals surface area contributed by atoms with E-state index >= 15 is 0 Å². The molecule has 2 saturated heterocycles. The predicted octanol–water partition coefficient (Wildman–Crippen LogP) is 6.19. The molecule has 5 rings (SSSR count). The molecule has 0 bridgehead atoms.